The minimum Gasteiger partial charge on any atom is -0.369 e. The van der Waals surface area contributed by atoms with Gasteiger partial charge in [-0.25, -0.2) is 5.43 Å². The van der Waals surface area contributed by atoms with Crippen LogP contribution in [0.1, 0.15) is 10.4 Å². The molecule has 100 valence electrons. The van der Waals surface area contributed by atoms with Crippen LogP contribution in [-0.2, 0) is 10.4 Å². The second kappa shape index (κ2) is 7.16. The third-order valence-corrected chi connectivity index (χ3v) is 1.21. The summed E-state index contributed by atoms with van der Waals surface area (Å²) in [5.41, 5.74) is 12.6. The number of hydrogen-bond acceptors (Lipinski definition) is 5. The van der Waals surface area contributed by atoms with Gasteiger partial charge >= 0.3 is 10.4 Å². The summed E-state index contributed by atoms with van der Waals surface area (Å²) in [5, 5.41) is 3.35. The Morgan fingerprint density at radius 2 is 1.94 bits per heavy atom. The van der Waals surface area contributed by atoms with Gasteiger partial charge in [0, 0.05) is 12.4 Å². The summed E-state index contributed by atoms with van der Waals surface area (Å²) in [7, 11) is -4.67. The maximum Gasteiger partial charge on any atom is 0.394 e. The summed E-state index contributed by atoms with van der Waals surface area (Å²) in [6, 6.07) is 3.25. The van der Waals surface area contributed by atoms with E-state index in [2.05, 4.69) is 15.5 Å². The van der Waals surface area contributed by atoms with Crippen molar-refractivity contribution in [3.63, 3.8) is 0 Å². The first-order valence-corrected chi connectivity index (χ1v) is 5.58. The molecule has 11 heteroatoms. The van der Waals surface area contributed by atoms with Crippen molar-refractivity contribution < 1.29 is 22.3 Å². The monoisotopic (exact) mass is 277 g/mol. The number of hydrogen-bond donors (Lipinski definition) is 5. The highest BCUT2D eigenvalue weighted by molar-refractivity contribution is 7.79. The molecule has 10 nitrogen and oxygen atoms in total. The normalized spacial score (nSPS) is 9.67. The third kappa shape index (κ3) is 10.3. The number of nitrogens with two attached hydrogens (primary N) is 2. The zero-order chi connectivity index (χ0) is 14.2. The maximum absolute atomic E-state index is 11.2. The standard InChI is InChI=1S/C7H9N5O.H2O4S/c8-7(9)12-11-6(13)5-2-1-3-10-4-5;1-5(2,3)4/h1-4H,(H,11,13)(H4,8,9,12);(H2,1,2,3,4). The van der Waals surface area contributed by atoms with Crippen molar-refractivity contribution in [1.29, 1.82) is 0 Å². The van der Waals surface area contributed by atoms with Crippen LogP contribution in [0.3, 0.4) is 0 Å². The predicted molar refractivity (Wildman–Crippen MR) is 61.7 cm³/mol. The van der Waals surface area contributed by atoms with Gasteiger partial charge in [-0.2, -0.15) is 8.42 Å². The lowest BCUT2D eigenvalue weighted by Crippen LogP contribution is -2.29. The molecule has 0 atom stereocenters. The number of nitrogens with one attached hydrogen (secondary N) is 1. The Labute approximate surface area is 102 Å². The molecule has 0 bridgehead atoms. The molecule has 7 N–H and O–H groups in total. The van der Waals surface area contributed by atoms with Crippen molar-refractivity contribution in [2.45, 2.75) is 0 Å². The molecule has 1 rings (SSSR count). The summed E-state index contributed by atoms with van der Waals surface area (Å²) in [4.78, 5) is 14.9. The van der Waals surface area contributed by atoms with E-state index in [0.717, 1.165) is 0 Å². The second-order valence-electron chi connectivity index (χ2n) is 2.67. The SMILES string of the molecule is NC(N)=NNC(=O)c1cccnc1.O=S(=O)(O)O. The van der Waals surface area contributed by atoms with Crippen molar-refractivity contribution >= 4 is 22.3 Å². The van der Waals surface area contributed by atoms with E-state index in [9.17, 15) is 4.79 Å². The van der Waals surface area contributed by atoms with Gasteiger partial charge in [0.15, 0.2) is 0 Å². The summed E-state index contributed by atoms with van der Waals surface area (Å²) in [6.07, 6.45) is 2.98. The van der Waals surface area contributed by atoms with Gasteiger partial charge in [-0.3, -0.25) is 18.9 Å². The van der Waals surface area contributed by atoms with Gasteiger partial charge in [-0.05, 0) is 12.1 Å². The van der Waals surface area contributed by atoms with E-state index in [1.54, 1.807) is 18.3 Å². The maximum atomic E-state index is 11.2. The molecule has 0 unspecified atom stereocenters. The number of aromatic nitrogens is 1. The van der Waals surface area contributed by atoms with Crippen molar-refractivity contribution in [1.82, 2.24) is 10.4 Å². The van der Waals surface area contributed by atoms with Gasteiger partial charge in [0.25, 0.3) is 5.91 Å². The predicted octanol–water partition coefficient (Wildman–Crippen LogP) is -1.65. The minimum absolute atomic E-state index is 0.197. The van der Waals surface area contributed by atoms with E-state index < -0.39 is 16.3 Å². The number of nitrogens with zero attached hydrogens (tertiary/aromatic N) is 2. The fourth-order valence-corrected chi connectivity index (χ4v) is 0.677. The van der Waals surface area contributed by atoms with E-state index in [-0.39, 0.29) is 5.96 Å². The Balaban J connectivity index is 0.000000494. The summed E-state index contributed by atoms with van der Waals surface area (Å²) in [5.74, 6) is -0.598. The van der Waals surface area contributed by atoms with Gasteiger partial charge in [0.05, 0.1) is 5.56 Å². The highest BCUT2D eigenvalue weighted by Gasteiger charge is 2.02. The number of carbonyl (C=O) groups is 1. The van der Waals surface area contributed by atoms with Crippen LogP contribution in [0.15, 0.2) is 29.6 Å². The average molecular weight is 277 g/mol. The van der Waals surface area contributed by atoms with Gasteiger partial charge < -0.3 is 11.5 Å². The molecule has 0 radical (unpaired) electrons. The zero-order valence-corrected chi connectivity index (χ0v) is 9.70. The van der Waals surface area contributed by atoms with E-state index in [1.807, 2.05) is 0 Å². The molecule has 0 spiro atoms. The molecule has 0 aromatic carbocycles. The Kier molecular flexibility index (Phi) is 6.27. The van der Waals surface area contributed by atoms with Crippen molar-refractivity contribution in [3.8, 4) is 0 Å². The van der Waals surface area contributed by atoms with E-state index in [1.165, 1.54) is 6.20 Å². The number of rotatable bonds is 2. The Morgan fingerprint density at radius 3 is 2.33 bits per heavy atom. The van der Waals surface area contributed by atoms with E-state index in [0.29, 0.717) is 5.56 Å². The first kappa shape index (κ1) is 15.8. The van der Waals surface area contributed by atoms with Gasteiger partial charge in [0.2, 0.25) is 5.96 Å². The zero-order valence-electron chi connectivity index (χ0n) is 8.89. The van der Waals surface area contributed by atoms with Gasteiger partial charge in [-0.1, -0.05) is 0 Å². The van der Waals surface area contributed by atoms with Gasteiger partial charge in [0.1, 0.15) is 0 Å². The number of amides is 1. The van der Waals surface area contributed by atoms with Crippen LogP contribution in [0, 0.1) is 0 Å². The molecule has 1 aromatic rings. The van der Waals surface area contributed by atoms with Crippen molar-refractivity contribution in [2.75, 3.05) is 0 Å². The smallest absolute Gasteiger partial charge is 0.369 e. The minimum atomic E-state index is -4.67. The quantitative estimate of drug-likeness (QED) is 0.184. The molecule has 0 aliphatic carbocycles. The Hall–Kier alpha value is -2.24. The highest BCUT2D eigenvalue weighted by atomic mass is 32.3. The van der Waals surface area contributed by atoms with Crippen LogP contribution in [0.5, 0.6) is 0 Å². The Morgan fingerprint density at radius 1 is 1.39 bits per heavy atom. The fourth-order valence-electron chi connectivity index (χ4n) is 0.677. The lowest BCUT2D eigenvalue weighted by molar-refractivity contribution is 0.0954. The van der Waals surface area contributed by atoms with Crippen LogP contribution in [-0.4, -0.2) is 34.4 Å². The highest BCUT2D eigenvalue weighted by Crippen LogP contribution is 1.94. The van der Waals surface area contributed by atoms with Crippen LogP contribution < -0.4 is 16.9 Å². The first-order valence-electron chi connectivity index (χ1n) is 4.19. The average Bonchev–Trinajstić information content (AvgIpc) is 2.25. The number of hydrazone groups is 1. The molecule has 0 aliphatic rings. The molecule has 0 fully saturated rings. The van der Waals surface area contributed by atoms with Crippen LogP contribution in [0.4, 0.5) is 0 Å². The third-order valence-electron chi connectivity index (χ3n) is 1.21. The topological polar surface area (TPSA) is 181 Å². The molecule has 1 aromatic heterocycles. The molecule has 1 amide bonds. The van der Waals surface area contributed by atoms with Crippen molar-refractivity contribution in [3.05, 3.63) is 30.1 Å². The largest absolute Gasteiger partial charge is 0.394 e. The summed E-state index contributed by atoms with van der Waals surface area (Å²) < 4.78 is 31.6. The lowest BCUT2D eigenvalue weighted by atomic mass is 10.3. The molecule has 0 aliphatic heterocycles. The summed E-state index contributed by atoms with van der Waals surface area (Å²) >= 11 is 0. The lowest BCUT2D eigenvalue weighted by Gasteiger charge is -1.97. The number of guanidine groups is 1. The Bertz CT molecular complexity index is 502. The second-order valence-corrected chi connectivity index (χ2v) is 3.56. The van der Waals surface area contributed by atoms with Crippen LogP contribution in [0.25, 0.3) is 0 Å². The molecule has 1 heterocycles. The fraction of sp³-hybridized carbons (Fsp3) is 0. The number of pyridine rings is 1. The summed E-state index contributed by atoms with van der Waals surface area (Å²) in [6.45, 7) is 0. The molecule has 0 saturated carbocycles. The molecule has 0 saturated heterocycles. The first-order chi connectivity index (χ1) is 8.20. The molecule has 18 heavy (non-hydrogen) atoms. The number of carbonyl (C=O) groups excluding carboxylic acids is 1. The van der Waals surface area contributed by atoms with E-state index in [4.69, 9.17) is 29.0 Å². The van der Waals surface area contributed by atoms with Crippen LogP contribution in [0.2, 0.25) is 0 Å². The van der Waals surface area contributed by atoms with E-state index >= 15 is 0 Å². The van der Waals surface area contributed by atoms with Crippen LogP contribution >= 0.6 is 0 Å². The van der Waals surface area contributed by atoms with Gasteiger partial charge in [-0.15, -0.1) is 5.10 Å². The molecular weight excluding hydrogens is 266 g/mol. The van der Waals surface area contributed by atoms with Crippen molar-refractivity contribution in [2.24, 2.45) is 16.6 Å². The molecular formula is C7H11N5O5S.